The SMILES string of the molecule is C=C(N=Cc1cc(C)nn1C)O[Si](C)(C)C. The van der Waals surface area contributed by atoms with Crippen LogP contribution in [0.3, 0.4) is 0 Å². The zero-order valence-electron chi connectivity index (χ0n) is 10.6. The van der Waals surface area contributed by atoms with Gasteiger partial charge in [0.1, 0.15) is 0 Å². The third-order valence-electron chi connectivity index (χ3n) is 1.80. The Hall–Kier alpha value is -1.36. The van der Waals surface area contributed by atoms with Crippen molar-refractivity contribution in [2.75, 3.05) is 0 Å². The minimum atomic E-state index is -1.60. The van der Waals surface area contributed by atoms with Gasteiger partial charge in [0.25, 0.3) is 0 Å². The summed E-state index contributed by atoms with van der Waals surface area (Å²) >= 11 is 0. The molecule has 5 heteroatoms. The molecule has 0 radical (unpaired) electrons. The number of nitrogens with zero attached hydrogens (tertiary/aromatic N) is 3. The van der Waals surface area contributed by atoms with E-state index < -0.39 is 8.32 Å². The first-order valence-electron chi connectivity index (χ1n) is 5.20. The fraction of sp³-hybridized carbons (Fsp3) is 0.455. The van der Waals surface area contributed by atoms with Crippen LogP contribution in [0.25, 0.3) is 0 Å². The molecular weight excluding hydrogens is 218 g/mol. The van der Waals surface area contributed by atoms with Gasteiger partial charge in [-0.2, -0.15) is 5.10 Å². The summed E-state index contributed by atoms with van der Waals surface area (Å²) < 4.78 is 7.40. The van der Waals surface area contributed by atoms with E-state index in [-0.39, 0.29) is 0 Å². The van der Waals surface area contributed by atoms with Gasteiger partial charge in [-0.05, 0) is 39.2 Å². The van der Waals surface area contributed by atoms with Crippen LogP contribution in [0.15, 0.2) is 23.5 Å². The number of aliphatic imine (C=N–C) groups is 1. The van der Waals surface area contributed by atoms with E-state index in [1.54, 1.807) is 10.9 Å². The van der Waals surface area contributed by atoms with Crippen LogP contribution >= 0.6 is 0 Å². The molecule has 0 unspecified atom stereocenters. The topological polar surface area (TPSA) is 39.4 Å². The lowest BCUT2D eigenvalue weighted by Crippen LogP contribution is -2.24. The standard InChI is InChI=1S/C11H19N3OSi/c1-9-7-11(14(3)13-9)8-12-10(2)15-16(4,5)6/h7-8H,2H2,1,3-6H3. The third-order valence-corrected chi connectivity index (χ3v) is 2.65. The molecule has 0 atom stereocenters. The van der Waals surface area contributed by atoms with Gasteiger partial charge in [0.05, 0.1) is 17.6 Å². The predicted octanol–water partition coefficient (Wildman–Crippen LogP) is 2.47. The van der Waals surface area contributed by atoms with Gasteiger partial charge in [0, 0.05) is 7.05 Å². The van der Waals surface area contributed by atoms with Crippen molar-refractivity contribution in [3.05, 3.63) is 29.9 Å². The summed E-state index contributed by atoms with van der Waals surface area (Å²) in [5, 5.41) is 4.23. The lowest BCUT2D eigenvalue weighted by molar-refractivity contribution is 0.421. The van der Waals surface area contributed by atoms with Gasteiger partial charge in [0.15, 0.2) is 5.88 Å². The minimum absolute atomic E-state index is 0.470. The molecule has 0 fully saturated rings. The van der Waals surface area contributed by atoms with Crippen molar-refractivity contribution in [2.45, 2.75) is 26.6 Å². The van der Waals surface area contributed by atoms with E-state index >= 15 is 0 Å². The lowest BCUT2D eigenvalue weighted by Gasteiger charge is -2.17. The van der Waals surface area contributed by atoms with E-state index in [1.165, 1.54) is 0 Å². The highest BCUT2D eigenvalue weighted by Gasteiger charge is 2.16. The van der Waals surface area contributed by atoms with Gasteiger partial charge < -0.3 is 4.43 Å². The zero-order chi connectivity index (χ0) is 12.3. The fourth-order valence-electron chi connectivity index (χ4n) is 1.27. The molecule has 0 aliphatic carbocycles. The maximum atomic E-state index is 5.62. The summed E-state index contributed by atoms with van der Waals surface area (Å²) in [7, 11) is 0.283. The molecule has 1 aromatic heterocycles. The van der Waals surface area contributed by atoms with Crippen LogP contribution in [0.4, 0.5) is 0 Å². The molecule has 0 aliphatic rings. The first kappa shape index (κ1) is 12.7. The Labute approximate surface area is 97.8 Å². The molecule has 0 aliphatic heterocycles. The average molecular weight is 237 g/mol. The molecule has 0 spiro atoms. The van der Waals surface area contributed by atoms with Gasteiger partial charge >= 0.3 is 0 Å². The molecule has 1 aromatic rings. The second kappa shape index (κ2) is 4.65. The van der Waals surface area contributed by atoms with Crippen LogP contribution in [0.5, 0.6) is 0 Å². The van der Waals surface area contributed by atoms with Crippen LogP contribution in [0.1, 0.15) is 11.4 Å². The third kappa shape index (κ3) is 4.02. The molecule has 88 valence electrons. The smallest absolute Gasteiger partial charge is 0.244 e. The summed E-state index contributed by atoms with van der Waals surface area (Å²) in [4.78, 5) is 4.19. The monoisotopic (exact) mass is 237 g/mol. The second-order valence-corrected chi connectivity index (χ2v) is 9.13. The van der Waals surface area contributed by atoms with Crippen molar-refractivity contribution in [1.82, 2.24) is 9.78 Å². The van der Waals surface area contributed by atoms with E-state index in [0.29, 0.717) is 5.88 Å². The van der Waals surface area contributed by atoms with Crippen molar-refractivity contribution >= 4 is 14.5 Å². The van der Waals surface area contributed by atoms with Crippen molar-refractivity contribution < 1.29 is 4.43 Å². The maximum Gasteiger partial charge on any atom is 0.244 e. The molecular formula is C11H19N3OSi. The highest BCUT2D eigenvalue weighted by atomic mass is 28.4. The molecule has 0 amide bonds. The van der Waals surface area contributed by atoms with Gasteiger partial charge in [-0.3, -0.25) is 4.68 Å². The van der Waals surface area contributed by atoms with E-state index in [2.05, 4.69) is 36.3 Å². The van der Waals surface area contributed by atoms with Crippen LogP contribution in [-0.4, -0.2) is 24.3 Å². The summed E-state index contributed by atoms with van der Waals surface area (Å²) in [6.07, 6.45) is 1.72. The number of aromatic nitrogens is 2. The van der Waals surface area contributed by atoms with E-state index in [0.717, 1.165) is 11.4 Å². The van der Waals surface area contributed by atoms with Gasteiger partial charge in [-0.25, -0.2) is 4.99 Å². The molecule has 0 aromatic carbocycles. The van der Waals surface area contributed by atoms with Gasteiger partial charge in [-0.1, -0.05) is 0 Å². The van der Waals surface area contributed by atoms with Crippen molar-refractivity contribution in [3.63, 3.8) is 0 Å². The quantitative estimate of drug-likeness (QED) is 0.458. The second-order valence-electron chi connectivity index (χ2n) is 4.70. The molecule has 16 heavy (non-hydrogen) atoms. The minimum Gasteiger partial charge on any atom is -0.532 e. The molecule has 0 saturated carbocycles. The molecule has 0 bridgehead atoms. The van der Waals surface area contributed by atoms with Crippen LogP contribution < -0.4 is 0 Å². The maximum absolute atomic E-state index is 5.62. The summed E-state index contributed by atoms with van der Waals surface area (Å²) in [5.41, 5.74) is 1.92. The van der Waals surface area contributed by atoms with Crippen molar-refractivity contribution in [2.24, 2.45) is 12.0 Å². The number of hydrogen-bond acceptors (Lipinski definition) is 3. The van der Waals surface area contributed by atoms with Gasteiger partial charge in [0.2, 0.25) is 8.32 Å². The summed E-state index contributed by atoms with van der Waals surface area (Å²) in [5.74, 6) is 0.470. The predicted molar refractivity (Wildman–Crippen MR) is 69.1 cm³/mol. The van der Waals surface area contributed by atoms with Crippen molar-refractivity contribution in [3.8, 4) is 0 Å². The van der Waals surface area contributed by atoms with Crippen LogP contribution in [0, 0.1) is 6.92 Å². The number of hydrogen-bond donors (Lipinski definition) is 0. The Morgan fingerprint density at radius 2 is 2.19 bits per heavy atom. The number of rotatable bonds is 4. The zero-order valence-corrected chi connectivity index (χ0v) is 11.6. The molecule has 1 heterocycles. The van der Waals surface area contributed by atoms with E-state index in [9.17, 15) is 0 Å². The fourth-order valence-corrected chi connectivity index (χ4v) is 2.03. The largest absolute Gasteiger partial charge is 0.532 e. The van der Waals surface area contributed by atoms with E-state index in [4.69, 9.17) is 4.43 Å². The average Bonchev–Trinajstić information content (AvgIpc) is 2.38. The molecule has 1 rings (SSSR count). The lowest BCUT2D eigenvalue weighted by atomic mass is 10.4. The Morgan fingerprint density at radius 3 is 2.62 bits per heavy atom. The van der Waals surface area contributed by atoms with Crippen LogP contribution in [0.2, 0.25) is 19.6 Å². The molecule has 4 nitrogen and oxygen atoms in total. The molecule has 0 N–H and O–H groups in total. The van der Waals surface area contributed by atoms with Crippen LogP contribution in [-0.2, 0) is 11.5 Å². The van der Waals surface area contributed by atoms with Gasteiger partial charge in [-0.15, -0.1) is 0 Å². The Kier molecular flexibility index (Phi) is 3.69. The number of aryl methyl sites for hydroxylation is 2. The summed E-state index contributed by atoms with van der Waals surface area (Å²) in [6.45, 7) is 12.0. The Balaban J connectivity index is 2.67. The first-order chi connectivity index (χ1) is 7.28. The summed E-state index contributed by atoms with van der Waals surface area (Å²) in [6, 6.07) is 1.96. The normalized spacial score (nSPS) is 12.1. The molecule has 0 saturated heterocycles. The first-order valence-corrected chi connectivity index (χ1v) is 8.61. The highest BCUT2D eigenvalue weighted by Crippen LogP contribution is 2.09. The van der Waals surface area contributed by atoms with E-state index in [1.807, 2.05) is 20.0 Å². The van der Waals surface area contributed by atoms with Crippen molar-refractivity contribution in [1.29, 1.82) is 0 Å². The Bertz CT molecular complexity index is 415. The highest BCUT2D eigenvalue weighted by molar-refractivity contribution is 6.70. The Morgan fingerprint density at radius 1 is 1.56 bits per heavy atom.